The third-order valence-electron chi connectivity index (χ3n) is 6.12. The summed E-state index contributed by atoms with van der Waals surface area (Å²) in [5.74, 6) is -1.09. The summed E-state index contributed by atoms with van der Waals surface area (Å²) in [6, 6.07) is 8.62. The maximum Gasteiger partial charge on any atom is 0.228 e. The maximum absolute atomic E-state index is 13.6. The molecule has 2 amide bonds. The molecule has 0 aliphatic carbocycles. The maximum atomic E-state index is 13.6. The van der Waals surface area contributed by atoms with Crippen LogP contribution in [0.5, 0.6) is 11.5 Å². The summed E-state index contributed by atoms with van der Waals surface area (Å²) in [6.45, 7) is 1.73. The molecule has 3 aliphatic heterocycles. The van der Waals surface area contributed by atoms with Crippen molar-refractivity contribution in [2.75, 3.05) is 31.2 Å². The summed E-state index contributed by atoms with van der Waals surface area (Å²) in [6.07, 6.45) is 1.72. The fourth-order valence-corrected chi connectivity index (χ4v) is 4.70. The predicted octanol–water partition coefficient (Wildman–Crippen LogP) is 3.45. The molecule has 3 heterocycles. The zero-order valence-electron chi connectivity index (χ0n) is 16.9. The highest BCUT2D eigenvalue weighted by Crippen LogP contribution is 2.39. The molecule has 2 fully saturated rings. The minimum absolute atomic E-state index is 0.0291. The summed E-state index contributed by atoms with van der Waals surface area (Å²) in [5.41, 5.74) is 1.12. The first-order chi connectivity index (χ1) is 15.0. The van der Waals surface area contributed by atoms with Crippen molar-refractivity contribution < 1.29 is 27.8 Å². The minimum Gasteiger partial charge on any atom is -0.486 e. The van der Waals surface area contributed by atoms with Gasteiger partial charge in [0.2, 0.25) is 11.8 Å². The number of nitrogens with zero attached hydrogens (tertiary/aromatic N) is 2. The van der Waals surface area contributed by atoms with Gasteiger partial charge < -0.3 is 19.3 Å². The summed E-state index contributed by atoms with van der Waals surface area (Å²) < 4.78 is 38.4. The van der Waals surface area contributed by atoms with Crippen LogP contribution in [0.15, 0.2) is 36.4 Å². The molecule has 2 unspecified atom stereocenters. The zero-order valence-corrected chi connectivity index (χ0v) is 16.9. The third-order valence-corrected chi connectivity index (χ3v) is 6.12. The van der Waals surface area contributed by atoms with Crippen molar-refractivity contribution >= 4 is 17.5 Å². The van der Waals surface area contributed by atoms with Crippen LogP contribution in [0, 0.1) is 17.6 Å². The van der Waals surface area contributed by atoms with Gasteiger partial charge in [-0.3, -0.25) is 9.59 Å². The lowest BCUT2D eigenvalue weighted by Gasteiger charge is -2.28. The van der Waals surface area contributed by atoms with Crippen molar-refractivity contribution in [2.45, 2.75) is 25.3 Å². The molecule has 0 saturated carbocycles. The molecule has 162 valence electrons. The van der Waals surface area contributed by atoms with Crippen molar-refractivity contribution in [2.24, 2.45) is 5.92 Å². The van der Waals surface area contributed by atoms with E-state index >= 15 is 0 Å². The van der Waals surface area contributed by atoms with Gasteiger partial charge in [-0.1, -0.05) is 6.07 Å². The van der Waals surface area contributed by atoms with Gasteiger partial charge in [-0.15, -0.1) is 0 Å². The normalized spacial score (nSPS) is 22.8. The second-order valence-corrected chi connectivity index (χ2v) is 8.13. The van der Waals surface area contributed by atoms with Gasteiger partial charge in [0.25, 0.3) is 0 Å². The quantitative estimate of drug-likeness (QED) is 0.752. The van der Waals surface area contributed by atoms with Crippen molar-refractivity contribution in [3.63, 3.8) is 0 Å². The first-order valence-corrected chi connectivity index (χ1v) is 10.5. The average molecular weight is 428 g/mol. The second-order valence-electron chi connectivity index (χ2n) is 8.13. The van der Waals surface area contributed by atoms with Crippen LogP contribution in [-0.2, 0) is 9.59 Å². The Kier molecular flexibility index (Phi) is 5.00. The van der Waals surface area contributed by atoms with Gasteiger partial charge in [0.05, 0.1) is 12.0 Å². The molecular formula is C23H22F2N2O4. The Hall–Kier alpha value is -3.16. The molecular weight excluding hydrogens is 406 g/mol. The lowest BCUT2D eigenvalue weighted by molar-refractivity contribution is -0.136. The Morgan fingerprint density at radius 2 is 1.74 bits per heavy atom. The molecule has 0 N–H and O–H groups in total. The molecule has 2 aromatic rings. The highest BCUT2D eigenvalue weighted by atomic mass is 19.1. The molecule has 8 heteroatoms. The number of carbonyl (C=O) groups excluding carboxylic acids is 2. The van der Waals surface area contributed by atoms with Crippen LogP contribution in [0.3, 0.4) is 0 Å². The molecule has 0 bridgehead atoms. The topological polar surface area (TPSA) is 59.1 Å². The largest absolute Gasteiger partial charge is 0.486 e. The minimum atomic E-state index is -0.754. The van der Waals surface area contributed by atoms with E-state index in [1.165, 1.54) is 4.90 Å². The van der Waals surface area contributed by atoms with Crippen molar-refractivity contribution in [3.8, 4) is 11.5 Å². The third kappa shape index (κ3) is 3.71. The summed E-state index contributed by atoms with van der Waals surface area (Å²) in [4.78, 5) is 29.0. The standard InChI is InChI=1S/C23H22F2N2O4/c24-16-10-17(25)12-18(11-16)27-13-15(9-22(27)28)23(29)26-5-1-2-19(26)14-3-4-20-21(8-14)31-7-6-30-20/h3-4,8,10-12,15,19H,1-2,5-7,9,13H2. The van der Waals surface area contributed by atoms with Gasteiger partial charge in [-0.05, 0) is 42.7 Å². The van der Waals surface area contributed by atoms with Crippen LogP contribution < -0.4 is 14.4 Å². The van der Waals surface area contributed by atoms with Crippen LogP contribution in [0.4, 0.5) is 14.5 Å². The van der Waals surface area contributed by atoms with E-state index in [1.54, 1.807) is 0 Å². The molecule has 2 atom stereocenters. The lowest BCUT2D eigenvalue weighted by Crippen LogP contribution is -2.37. The average Bonchev–Trinajstić information content (AvgIpc) is 3.39. The number of hydrogen-bond donors (Lipinski definition) is 0. The number of fused-ring (bicyclic) bond motifs is 1. The SMILES string of the molecule is O=C1CC(C(=O)N2CCCC2c2ccc3c(c2)OCCO3)CN1c1cc(F)cc(F)c1. The Balaban J connectivity index is 1.34. The Morgan fingerprint density at radius 3 is 2.52 bits per heavy atom. The van der Waals surface area contributed by atoms with E-state index in [0.717, 1.165) is 36.6 Å². The predicted molar refractivity (Wildman–Crippen MR) is 108 cm³/mol. The van der Waals surface area contributed by atoms with Gasteiger partial charge in [0.1, 0.15) is 24.8 Å². The van der Waals surface area contributed by atoms with E-state index < -0.39 is 17.6 Å². The molecule has 31 heavy (non-hydrogen) atoms. The lowest BCUT2D eigenvalue weighted by atomic mass is 10.0. The number of benzene rings is 2. The number of halogens is 2. The van der Waals surface area contributed by atoms with E-state index in [1.807, 2.05) is 23.1 Å². The molecule has 0 spiro atoms. The van der Waals surface area contributed by atoms with Gasteiger partial charge in [-0.25, -0.2) is 8.78 Å². The van der Waals surface area contributed by atoms with E-state index in [2.05, 4.69) is 0 Å². The molecule has 6 nitrogen and oxygen atoms in total. The number of rotatable bonds is 3. The molecule has 2 aromatic carbocycles. The van der Waals surface area contributed by atoms with E-state index in [4.69, 9.17) is 9.47 Å². The Morgan fingerprint density at radius 1 is 1.00 bits per heavy atom. The highest BCUT2D eigenvalue weighted by molar-refractivity contribution is 6.00. The Bertz CT molecular complexity index is 1020. The smallest absolute Gasteiger partial charge is 0.228 e. The number of hydrogen-bond acceptors (Lipinski definition) is 4. The highest BCUT2D eigenvalue weighted by Gasteiger charge is 2.41. The van der Waals surface area contributed by atoms with Crippen molar-refractivity contribution in [3.05, 3.63) is 53.6 Å². The molecule has 0 radical (unpaired) electrons. The van der Waals surface area contributed by atoms with E-state index in [-0.39, 0.29) is 36.5 Å². The Labute approximate surface area is 178 Å². The first kappa shape index (κ1) is 19.8. The number of carbonyl (C=O) groups is 2. The molecule has 3 aliphatic rings. The molecule has 2 saturated heterocycles. The number of likely N-dealkylation sites (tertiary alicyclic amines) is 1. The fourth-order valence-electron chi connectivity index (χ4n) is 4.70. The summed E-state index contributed by atoms with van der Waals surface area (Å²) in [7, 11) is 0. The van der Waals surface area contributed by atoms with Gasteiger partial charge in [-0.2, -0.15) is 0 Å². The van der Waals surface area contributed by atoms with Gasteiger partial charge in [0, 0.05) is 31.3 Å². The zero-order chi connectivity index (χ0) is 21.5. The van der Waals surface area contributed by atoms with Crippen LogP contribution in [0.25, 0.3) is 0 Å². The molecule has 0 aromatic heterocycles. The summed E-state index contributed by atoms with van der Waals surface area (Å²) >= 11 is 0. The molecule has 5 rings (SSSR count). The van der Waals surface area contributed by atoms with Crippen LogP contribution >= 0.6 is 0 Å². The number of ether oxygens (including phenoxy) is 2. The second kappa shape index (κ2) is 7.83. The number of amides is 2. The van der Waals surface area contributed by atoms with Gasteiger partial charge >= 0.3 is 0 Å². The van der Waals surface area contributed by atoms with Crippen LogP contribution in [0.2, 0.25) is 0 Å². The first-order valence-electron chi connectivity index (χ1n) is 10.5. The van der Waals surface area contributed by atoms with Crippen molar-refractivity contribution in [1.82, 2.24) is 4.90 Å². The van der Waals surface area contributed by atoms with Crippen molar-refractivity contribution in [1.29, 1.82) is 0 Å². The summed E-state index contributed by atoms with van der Waals surface area (Å²) in [5, 5.41) is 0. The number of anilines is 1. The van der Waals surface area contributed by atoms with E-state index in [9.17, 15) is 18.4 Å². The van der Waals surface area contributed by atoms with E-state index in [0.29, 0.717) is 31.3 Å². The van der Waals surface area contributed by atoms with Crippen LogP contribution in [-0.4, -0.2) is 43.0 Å². The fraction of sp³-hybridized carbons (Fsp3) is 0.391. The van der Waals surface area contributed by atoms with Gasteiger partial charge in [0.15, 0.2) is 11.5 Å². The monoisotopic (exact) mass is 428 g/mol. The van der Waals surface area contributed by atoms with Crippen LogP contribution in [0.1, 0.15) is 30.9 Å².